The van der Waals surface area contributed by atoms with Crippen molar-refractivity contribution < 1.29 is 9.59 Å². The van der Waals surface area contributed by atoms with Crippen LogP contribution in [0.1, 0.15) is 12.8 Å². The van der Waals surface area contributed by atoms with Crippen molar-refractivity contribution in [2.45, 2.75) is 18.1 Å². The summed E-state index contributed by atoms with van der Waals surface area (Å²) < 4.78 is 0. The van der Waals surface area contributed by atoms with Crippen LogP contribution in [0.2, 0.25) is 0 Å². The number of nitrogens with one attached hydrogen (secondary N) is 1. The monoisotopic (exact) mass is 262 g/mol. The molecule has 0 saturated carbocycles. The molecular formula is C13H14N2O2S. The van der Waals surface area contributed by atoms with Gasteiger partial charge in [-0.3, -0.25) is 14.5 Å². The molecule has 18 heavy (non-hydrogen) atoms. The van der Waals surface area contributed by atoms with Crippen LogP contribution in [0.15, 0.2) is 24.3 Å². The minimum atomic E-state index is -0.120. The van der Waals surface area contributed by atoms with E-state index in [1.807, 2.05) is 24.3 Å². The predicted octanol–water partition coefficient (Wildman–Crippen LogP) is 1.87. The molecule has 4 nitrogen and oxygen atoms in total. The third kappa shape index (κ3) is 1.99. The van der Waals surface area contributed by atoms with Gasteiger partial charge < -0.3 is 5.32 Å². The lowest BCUT2D eigenvalue weighted by molar-refractivity contribution is -0.121. The summed E-state index contributed by atoms with van der Waals surface area (Å²) in [5, 5.41) is 2.81. The van der Waals surface area contributed by atoms with Gasteiger partial charge >= 0.3 is 0 Å². The molecule has 94 valence electrons. The van der Waals surface area contributed by atoms with Gasteiger partial charge in [0.05, 0.1) is 16.6 Å². The lowest BCUT2D eigenvalue weighted by Gasteiger charge is -2.30. The fourth-order valence-corrected chi connectivity index (χ4v) is 3.60. The highest BCUT2D eigenvalue weighted by atomic mass is 32.2. The van der Waals surface area contributed by atoms with E-state index < -0.39 is 0 Å². The molecule has 1 unspecified atom stereocenters. The highest BCUT2D eigenvalue weighted by Gasteiger charge is 2.33. The number of hydrogen-bond donors (Lipinski definition) is 1. The smallest absolute Gasteiger partial charge is 0.244 e. The average molecular weight is 262 g/mol. The van der Waals surface area contributed by atoms with E-state index in [1.165, 1.54) is 0 Å². The molecule has 3 rings (SSSR count). The number of nitrogens with zero attached hydrogens (tertiary/aromatic N) is 1. The quantitative estimate of drug-likeness (QED) is 0.840. The van der Waals surface area contributed by atoms with Crippen LogP contribution >= 0.6 is 11.8 Å². The molecule has 0 spiro atoms. The highest BCUT2D eigenvalue weighted by molar-refractivity contribution is 8.00. The van der Waals surface area contributed by atoms with E-state index in [-0.39, 0.29) is 23.6 Å². The molecule has 1 atom stereocenters. The van der Waals surface area contributed by atoms with Crippen LogP contribution in [0.5, 0.6) is 0 Å². The number of amides is 2. The number of fused-ring (bicyclic) bond motifs is 1. The summed E-state index contributed by atoms with van der Waals surface area (Å²) in [5.74, 6) is 0.989. The van der Waals surface area contributed by atoms with Gasteiger partial charge in [0.15, 0.2) is 0 Å². The minimum Gasteiger partial charge on any atom is -0.323 e. The summed E-state index contributed by atoms with van der Waals surface area (Å²) >= 11 is 1.70. The third-order valence-corrected chi connectivity index (χ3v) is 4.61. The van der Waals surface area contributed by atoms with E-state index in [4.69, 9.17) is 0 Å². The van der Waals surface area contributed by atoms with Crippen LogP contribution < -0.4 is 10.2 Å². The fraction of sp³-hybridized carbons (Fsp3) is 0.385. The Morgan fingerprint density at radius 1 is 1.39 bits per heavy atom. The molecule has 2 aliphatic rings. The maximum Gasteiger partial charge on any atom is 0.244 e. The van der Waals surface area contributed by atoms with Crippen LogP contribution in [0.25, 0.3) is 0 Å². The number of hydrogen-bond acceptors (Lipinski definition) is 3. The van der Waals surface area contributed by atoms with Crippen molar-refractivity contribution in [3.8, 4) is 0 Å². The number of carbonyl (C=O) groups excluding carboxylic acids is 2. The molecule has 0 bridgehead atoms. The Kier molecular flexibility index (Phi) is 2.99. The van der Waals surface area contributed by atoms with E-state index in [0.29, 0.717) is 0 Å². The van der Waals surface area contributed by atoms with E-state index in [1.54, 1.807) is 16.7 Å². The van der Waals surface area contributed by atoms with E-state index >= 15 is 0 Å². The van der Waals surface area contributed by atoms with E-state index in [0.717, 1.165) is 30.0 Å². The Hall–Kier alpha value is -1.49. The van der Waals surface area contributed by atoms with Crippen molar-refractivity contribution in [1.82, 2.24) is 0 Å². The van der Waals surface area contributed by atoms with Crippen LogP contribution in [0.3, 0.4) is 0 Å². The number of anilines is 2. The molecule has 0 aromatic heterocycles. The maximum absolute atomic E-state index is 12.4. The Morgan fingerprint density at radius 2 is 2.22 bits per heavy atom. The van der Waals surface area contributed by atoms with Gasteiger partial charge in [0.1, 0.15) is 6.54 Å². The second kappa shape index (κ2) is 4.65. The summed E-state index contributed by atoms with van der Waals surface area (Å²) in [6, 6.07) is 7.45. The highest BCUT2D eigenvalue weighted by Crippen LogP contribution is 2.33. The SMILES string of the molecule is O=C1CN(C(=O)C2CCCS2)c2ccccc2N1. The van der Waals surface area contributed by atoms with Gasteiger partial charge in [0.2, 0.25) is 11.8 Å². The molecule has 1 aromatic carbocycles. The molecule has 0 aliphatic carbocycles. The van der Waals surface area contributed by atoms with Crippen molar-refractivity contribution in [3.63, 3.8) is 0 Å². The molecule has 1 fully saturated rings. The average Bonchev–Trinajstić information content (AvgIpc) is 2.90. The molecule has 5 heteroatoms. The normalized spacial score (nSPS) is 22.6. The van der Waals surface area contributed by atoms with Gasteiger partial charge in [0, 0.05) is 0 Å². The van der Waals surface area contributed by atoms with E-state index in [2.05, 4.69) is 5.32 Å². The third-order valence-electron chi connectivity index (χ3n) is 3.24. The first-order chi connectivity index (χ1) is 8.75. The molecule has 1 aromatic rings. The number of rotatable bonds is 1. The first-order valence-electron chi connectivity index (χ1n) is 6.07. The van der Waals surface area contributed by atoms with Crippen molar-refractivity contribution >= 4 is 35.0 Å². The molecule has 2 heterocycles. The summed E-state index contributed by atoms with van der Waals surface area (Å²) in [4.78, 5) is 25.7. The van der Waals surface area contributed by atoms with Gasteiger partial charge in [-0.05, 0) is 30.7 Å². The summed E-state index contributed by atoms with van der Waals surface area (Å²) in [6.07, 6.45) is 2.01. The lowest BCUT2D eigenvalue weighted by atomic mass is 10.1. The molecule has 2 amide bonds. The minimum absolute atomic E-state index is 0.0176. The Labute approximate surface area is 110 Å². The van der Waals surface area contributed by atoms with Crippen LogP contribution in [-0.2, 0) is 9.59 Å². The number of thioether (sulfide) groups is 1. The fourth-order valence-electron chi connectivity index (χ4n) is 2.38. The molecule has 0 radical (unpaired) electrons. The second-order valence-corrected chi connectivity index (χ2v) is 5.80. The van der Waals surface area contributed by atoms with E-state index in [9.17, 15) is 9.59 Å². The summed E-state index contributed by atoms with van der Waals surface area (Å²) in [7, 11) is 0. The van der Waals surface area contributed by atoms with Gasteiger partial charge in [0.25, 0.3) is 0 Å². The second-order valence-electron chi connectivity index (χ2n) is 4.49. The summed E-state index contributed by atoms with van der Waals surface area (Å²) in [5.41, 5.74) is 1.54. The van der Waals surface area contributed by atoms with Crippen molar-refractivity contribution in [1.29, 1.82) is 0 Å². The Bertz CT molecular complexity index is 498. The predicted molar refractivity (Wildman–Crippen MR) is 72.9 cm³/mol. The zero-order valence-corrected chi connectivity index (χ0v) is 10.7. The van der Waals surface area contributed by atoms with Crippen LogP contribution in [0, 0.1) is 0 Å². The Balaban J connectivity index is 1.92. The maximum atomic E-state index is 12.4. The van der Waals surface area contributed by atoms with Crippen LogP contribution in [0.4, 0.5) is 11.4 Å². The lowest BCUT2D eigenvalue weighted by Crippen LogP contribution is -2.45. The van der Waals surface area contributed by atoms with Crippen molar-refractivity contribution in [2.75, 3.05) is 22.5 Å². The van der Waals surface area contributed by atoms with Gasteiger partial charge in [-0.25, -0.2) is 0 Å². The van der Waals surface area contributed by atoms with Gasteiger partial charge in [-0.15, -0.1) is 11.8 Å². The van der Waals surface area contributed by atoms with Crippen LogP contribution in [-0.4, -0.2) is 29.4 Å². The first-order valence-corrected chi connectivity index (χ1v) is 7.12. The largest absolute Gasteiger partial charge is 0.323 e. The zero-order valence-electron chi connectivity index (χ0n) is 9.89. The number of carbonyl (C=O) groups is 2. The molecule has 2 aliphatic heterocycles. The molecule has 1 saturated heterocycles. The van der Waals surface area contributed by atoms with Gasteiger partial charge in [-0.1, -0.05) is 12.1 Å². The Morgan fingerprint density at radius 3 is 3.00 bits per heavy atom. The topological polar surface area (TPSA) is 49.4 Å². The van der Waals surface area contributed by atoms with Crippen molar-refractivity contribution in [3.05, 3.63) is 24.3 Å². The van der Waals surface area contributed by atoms with Gasteiger partial charge in [-0.2, -0.15) is 0 Å². The number of benzene rings is 1. The van der Waals surface area contributed by atoms with Crippen molar-refractivity contribution in [2.24, 2.45) is 0 Å². The first kappa shape index (κ1) is 11.6. The molecular weight excluding hydrogens is 248 g/mol. The molecule has 1 N–H and O–H groups in total. The number of para-hydroxylation sites is 2. The standard InChI is InChI=1S/C13H14N2O2S/c16-12-8-15(13(17)11-6-3-7-18-11)10-5-2-1-4-9(10)14-12/h1-2,4-5,11H,3,6-8H2,(H,14,16). The zero-order chi connectivity index (χ0) is 12.5. The summed E-state index contributed by atoms with van der Waals surface area (Å²) in [6.45, 7) is 0.132.